The van der Waals surface area contributed by atoms with Gasteiger partial charge in [0.25, 0.3) is 0 Å². The second-order valence-corrected chi connectivity index (χ2v) is 7.11. The molecule has 0 radical (unpaired) electrons. The fourth-order valence-electron chi connectivity index (χ4n) is 3.61. The summed E-state index contributed by atoms with van der Waals surface area (Å²) in [6.45, 7) is 2.25. The Balaban J connectivity index is 1.68. The Hall–Kier alpha value is -1.81. The Morgan fingerprint density at radius 2 is 1.67 bits per heavy atom. The molecule has 1 aromatic carbocycles. The van der Waals surface area contributed by atoms with Gasteiger partial charge in [0, 0.05) is 6.08 Å². The summed E-state index contributed by atoms with van der Waals surface area (Å²) in [4.78, 5) is 0. The van der Waals surface area contributed by atoms with E-state index in [1.54, 1.807) is 0 Å². The van der Waals surface area contributed by atoms with E-state index in [1.807, 2.05) is 18.2 Å². The summed E-state index contributed by atoms with van der Waals surface area (Å²) < 4.78 is 0. The minimum Gasteiger partial charge on any atom is -0.193 e. The van der Waals surface area contributed by atoms with Crippen LogP contribution in [0.15, 0.2) is 48.6 Å². The summed E-state index contributed by atoms with van der Waals surface area (Å²) in [6.07, 6.45) is 19.4. The number of rotatable bonds is 8. The lowest BCUT2D eigenvalue weighted by Crippen LogP contribution is -2.13. The van der Waals surface area contributed by atoms with Gasteiger partial charge in [0.2, 0.25) is 0 Å². The van der Waals surface area contributed by atoms with Gasteiger partial charge in [0.05, 0.1) is 6.07 Å². The van der Waals surface area contributed by atoms with Crippen LogP contribution >= 0.6 is 0 Å². The molecule has 0 atom stereocenters. The van der Waals surface area contributed by atoms with Crippen molar-refractivity contribution in [2.24, 2.45) is 11.8 Å². The predicted molar refractivity (Wildman–Crippen MR) is 103 cm³/mol. The maximum absolute atomic E-state index is 8.47. The van der Waals surface area contributed by atoms with E-state index in [0.29, 0.717) is 5.92 Å². The fourth-order valence-corrected chi connectivity index (χ4v) is 3.61. The highest BCUT2D eigenvalue weighted by molar-refractivity contribution is 5.22. The summed E-state index contributed by atoms with van der Waals surface area (Å²) in [6, 6.07) is 11.3. The van der Waals surface area contributed by atoms with Crippen molar-refractivity contribution in [2.45, 2.75) is 64.7 Å². The highest BCUT2D eigenvalue weighted by atomic mass is 14.2. The van der Waals surface area contributed by atoms with Gasteiger partial charge in [-0.05, 0) is 74.3 Å². The highest BCUT2D eigenvalue weighted by Gasteiger charge is 2.19. The molecule has 1 aliphatic rings. The van der Waals surface area contributed by atoms with Gasteiger partial charge in [-0.25, -0.2) is 0 Å². The lowest BCUT2D eigenvalue weighted by molar-refractivity contribution is 0.296. The Labute approximate surface area is 148 Å². The first kappa shape index (κ1) is 18.5. The van der Waals surface area contributed by atoms with E-state index in [0.717, 1.165) is 5.92 Å². The van der Waals surface area contributed by atoms with Gasteiger partial charge < -0.3 is 0 Å². The van der Waals surface area contributed by atoms with Gasteiger partial charge in [-0.2, -0.15) is 5.26 Å². The van der Waals surface area contributed by atoms with Crippen LogP contribution in [-0.4, -0.2) is 0 Å². The largest absolute Gasteiger partial charge is 0.193 e. The van der Waals surface area contributed by atoms with Crippen molar-refractivity contribution in [1.82, 2.24) is 0 Å². The maximum atomic E-state index is 8.47. The van der Waals surface area contributed by atoms with Crippen molar-refractivity contribution in [1.29, 1.82) is 5.26 Å². The van der Waals surface area contributed by atoms with Crippen molar-refractivity contribution in [3.63, 3.8) is 0 Å². The molecule has 0 aliphatic heterocycles. The zero-order valence-corrected chi connectivity index (χ0v) is 15.1. The van der Waals surface area contributed by atoms with Crippen LogP contribution in [0.2, 0.25) is 0 Å². The summed E-state index contributed by atoms with van der Waals surface area (Å²) in [7, 11) is 0. The number of nitriles is 1. The average Bonchev–Trinajstić information content (AvgIpc) is 2.64. The molecule has 1 fully saturated rings. The second kappa shape index (κ2) is 10.9. The molecule has 0 amide bonds. The molecule has 1 nitrogen and oxygen atoms in total. The summed E-state index contributed by atoms with van der Waals surface area (Å²) in [5, 5.41) is 8.47. The molecule has 1 saturated carbocycles. The van der Waals surface area contributed by atoms with Crippen LogP contribution in [0.25, 0.3) is 0 Å². The molecule has 0 heterocycles. The predicted octanol–water partition coefficient (Wildman–Crippen LogP) is 6.40. The SMILES string of the molecule is CCCCc1ccc(CC[C@H]2CC[C@H](/C=C/C=C/C#N)CC2)cc1. The molecule has 24 heavy (non-hydrogen) atoms. The number of benzene rings is 1. The number of hydrogen-bond donors (Lipinski definition) is 0. The summed E-state index contributed by atoms with van der Waals surface area (Å²) in [5.41, 5.74) is 2.98. The molecule has 1 aromatic rings. The van der Waals surface area contributed by atoms with Gasteiger partial charge in [0.15, 0.2) is 0 Å². The van der Waals surface area contributed by atoms with Crippen molar-refractivity contribution in [3.05, 3.63) is 59.7 Å². The van der Waals surface area contributed by atoms with Crippen molar-refractivity contribution in [3.8, 4) is 6.07 Å². The monoisotopic (exact) mass is 321 g/mol. The lowest BCUT2D eigenvalue weighted by atomic mass is 9.79. The number of hydrogen-bond acceptors (Lipinski definition) is 1. The first-order chi connectivity index (χ1) is 11.8. The van der Waals surface area contributed by atoms with Crippen LogP contribution in [0.4, 0.5) is 0 Å². The van der Waals surface area contributed by atoms with E-state index in [4.69, 9.17) is 5.26 Å². The smallest absolute Gasteiger partial charge is 0.0912 e. The topological polar surface area (TPSA) is 23.8 Å². The lowest BCUT2D eigenvalue weighted by Gasteiger charge is -2.26. The molecule has 0 unspecified atom stereocenters. The van der Waals surface area contributed by atoms with Gasteiger partial charge in [-0.15, -0.1) is 0 Å². The number of aryl methyl sites for hydroxylation is 2. The zero-order chi connectivity index (χ0) is 17.0. The minimum atomic E-state index is 0.711. The third-order valence-corrected chi connectivity index (χ3v) is 5.24. The van der Waals surface area contributed by atoms with E-state index in [2.05, 4.69) is 37.3 Å². The Kier molecular flexibility index (Phi) is 8.39. The second-order valence-electron chi connectivity index (χ2n) is 7.11. The van der Waals surface area contributed by atoms with E-state index >= 15 is 0 Å². The third kappa shape index (κ3) is 6.75. The fraction of sp³-hybridized carbons (Fsp3) is 0.522. The molecule has 0 saturated heterocycles. The molecular formula is C23H31N. The van der Waals surface area contributed by atoms with Gasteiger partial charge in [0.1, 0.15) is 0 Å². The van der Waals surface area contributed by atoms with Crippen LogP contribution in [0.5, 0.6) is 0 Å². The number of allylic oxidation sites excluding steroid dienone is 4. The third-order valence-electron chi connectivity index (χ3n) is 5.24. The molecule has 1 aliphatic carbocycles. The first-order valence-electron chi connectivity index (χ1n) is 9.62. The Morgan fingerprint density at radius 3 is 2.29 bits per heavy atom. The van der Waals surface area contributed by atoms with Crippen LogP contribution in [0.1, 0.15) is 63.0 Å². The molecule has 128 valence electrons. The van der Waals surface area contributed by atoms with Crippen molar-refractivity contribution < 1.29 is 0 Å². The molecule has 0 spiro atoms. The van der Waals surface area contributed by atoms with Gasteiger partial charge in [-0.1, -0.05) is 55.8 Å². The van der Waals surface area contributed by atoms with Crippen LogP contribution in [0, 0.1) is 23.2 Å². The number of unbranched alkanes of at least 4 members (excludes halogenated alkanes) is 1. The summed E-state index contributed by atoms with van der Waals surface area (Å²) >= 11 is 0. The highest BCUT2D eigenvalue weighted by Crippen LogP contribution is 2.32. The Morgan fingerprint density at radius 1 is 1.00 bits per heavy atom. The molecule has 0 N–H and O–H groups in total. The maximum Gasteiger partial charge on any atom is 0.0912 e. The normalized spacial score (nSPS) is 21.3. The molecule has 0 bridgehead atoms. The first-order valence-corrected chi connectivity index (χ1v) is 9.62. The molecular weight excluding hydrogens is 290 g/mol. The van der Waals surface area contributed by atoms with Gasteiger partial charge in [-0.3, -0.25) is 0 Å². The Bertz CT molecular complexity index is 551. The van der Waals surface area contributed by atoms with Crippen LogP contribution in [-0.2, 0) is 12.8 Å². The van der Waals surface area contributed by atoms with E-state index < -0.39 is 0 Å². The zero-order valence-electron chi connectivity index (χ0n) is 15.1. The molecule has 0 aromatic heterocycles. The van der Waals surface area contributed by atoms with Crippen LogP contribution in [0.3, 0.4) is 0 Å². The minimum absolute atomic E-state index is 0.711. The molecule has 1 heteroatoms. The van der Waals surface area contributed by atoms with Crippen molar-refractivity contribution in [2.75, 3.05) is 0 Å². The standard InChI is InChI=1S/C23H31N/c1-2-3-7-20-9-13-22(14-10-20)17-18-23-15-11-21(12-16-23)8-5-4-6-19-24/h4-6,8-10,13-14,21,23H,2-3,7,11-12,15-18H2,1H3/b6-4+,8-5+/t21-,23-. The average molecular weight is 322 g/mol. The van der Waals surface area contributed by atoms with E-state index in [9.17, 15) is 0 Å². The van der Waals surface area contributed by atoms with Gasteiger partial charge >= 0.3 is 0 Å². The quantitative estimate of drug-likeness (QED) is 0.401. The summed E-state index contributed by atoms with van der Waals surface area (Å²) in [5.74, 6) is 1.60. The van der Waals surface area contributed by atoms with Crippen LogP contribution < -0.4 is 0 Å². The van der Waals surface area contributed by atoms with Crippen molar-refractivity contribution >= 4 is 0 Å². The molecule has 2 rings (SSSR count). The van der Waals surface area contributed by atoms with E-state index in [-0.39, 0.29) is 0 Å². The van der Waals surface area contributed by atoms with E-state index in [1.165, 1.54) is 75.0 Å². The number of nitrogens with zero attached hydrogens (tertiary/aromatic N) is 1.